The van der Waals surface area contributed by atoms with Crippen LogP contribution >= 0.6 is 11.6 Å². The molecule has 1 atom stereocenters. The van der Waals surface area contributed by atoms with Crippen LogP contribution in [0.15, 0.2) is 12.4 Å². The fraction of sp³-hybridized carbons (Fsp3) is 0.600. The monoisotopic (exact) mass is 242 g/mol. The van der Waals surface area contributed by atoms with Crippen LogP contribution in [0.5, 0.6) is 0 Å². The number of primary amides is 1. The molecule has 3 N–H and O–H groups in total. The van der Waals surface area contributed by atoms with Crippen LogP contribution < -0.4 is 11.1 Å². The zero-order chi connectivity index (χ0) is 11.8. The number of aromatic nitrogens is 2. The second-order valence-electron chi connectivity index (χ2n) is 4.47. The van der Waals surface area contributed by atoms with Gasteiger partial charge in [0.25, 0.3) is 0 Å². The van der Waals surface area contributed by atoms with Gasteiger partial charge in [-0.2, -0.15) is 5.10 Å². The molecule has 0 bridgehead atoms. The minimum absolute atomic E-state index is 0.369. The molecule has 16 heavy (non-hydrogen) atoms. The number of nitrogens with zero attached hydrogens (tertiary/aromatic N) is 2. The summed E-state index contributed by atoms with van der Waals surface area (Å²) in [5.74, 6) is -0.369. The molecular weight excluding hydrogens is 228 g/mol. The van der Waals surface area contributed by atoms with E-state index >= 15 is 0 Å². The molecule has 0 aromatic carbocycles. The van der Waals surface area contributed by atoms with Gasteiger partial charge in [-0.05, 0) is 19.8 Å². The first-order valence-electron chi connectivity index (χ1n) is 5.25. The Kier molecular flexibility index (Phi) is 2.90. The summed E-state index contributed by atoms with van der Waals surface area (Å²) in [5.41, 5.74) is 4.66. The second-order valence-corrected chi connectivity index (χ2v) is 4.91. The van der Waals surface area contributed by atoms with Crippen molar-refractivity contribution in [3.05, 3.63) is 17.4 Å². The molecule has 1 heterocycles. The Bertz CT molecular complexity index is 401. The molecule has 5 nitrogen and oxygen atoms in total. The van der Waals surface area contributed by atoms with Crippen molar-refractivity contribution in [3.8, 4) is 0 Å². The average molecular weight is 243 g/mol. The second kappa shape index (κ2) is 4.07. The van der Waals surface area contributed by atoms with Gasteiger partial charge in [-0.1, -0.05) is 11.6 Å². The molecule has 1 aliphatic carbocycles. The summed E-state index contributed by atoms with van der Waals surface area (Å²) in [4.78, 5) is 11.5. The average Bonchev–Trinajstić information content (AvgIpc) is 2.89. The van der Waals surface area contributed by atoms with E-state index in [4.69, 9.17) is 17.3 Å². The third-order valence-corrected chi connectivity index (χ3v) is 2.92. The SMILES string of the molecule is CC(Cn1cc(Cl)cn1)(NC1CC1)C(N)=O. The molecule has 0 spiro atoms. The van der Waals surface area contributed by atoms with Crippen LogP contribution in [0.25, 0.3) is 0 Å². The summed E-state index contributed by atoms with van der Waals surface area (Å²) < 4.78 is 1.63. The molecule has 2 rings (SSSR count). The molecule has 1 aromatic rings. The van der Waals surface area contributed by atoms with E-state index in [1.54, 1.807) is 24.0 Å². The van der Waals surface area contributed by atoms with Gasteiger partial charge in [0.05, 0.1) is 17.8 Å². The number of hydrogen-bond acceptors (Lipinski definition) is 3. The van der Waals surface area contributed by atoms with Gasteiger partial charge in [-0.25, -0.2) is 0 Å². The maximum atomic E-state index is 11.5. The van der Waals surface area contributed by atoms with Crippen LogP contribution in [-0.2, 0) is 11.3 Å². The highest BCUT2D eigenvalue weighted by atomic mass is 35.5. The summed E-state index contributed by atoms with van der Waals surface area (Å²) in [6.07, 6.45) is 5.42. The van der Waals surface area contributed by atoms with Gasteiger partial charge in [0, 0.05) is 12.2 Å². The van der Waals surface area contributed by atoms with Crippen molar-refractivity contribution in [2.45, 2.75) is 37.9 Å². The van der Waals surface area contributed by atoms with Gasteiger partial charge in [0.15, 0.2) is 0 Å². The van der Waals surface area contributed by atoms with E-state index < -0.39 is 5.54 Å². The lowest BCUT2D eigenvalue weighted by Gasteiger charge is -2.27. The molecular formula is C10H15ClN4O. The van der Waals surface area contributed by atoms with Crippen LogP contribution in [0.4, 0.5) is 0 Å². The normalized spacial score (nSPS) is 19.4. The Morgan fingerprint density at radius 1 is 1.81 bits per heavy atom. The summed E-state index contributed by atoms with van der Waals surface area (Å²) in [7, 11) is 0. The lowest BCUT2D eigenvalue weighted by Crippen LogP contribution is -2.56. The van der Waals surface area contributed by atoms with Crippen molar-refractivity contribution in [3.63, 3.8) is 0 Å². The molecule has 1 fully saturated rings. The highest BCUT2D eigenvalue weighted by Gasteiger charge is 2.37. The standard InChI is InChI=1S/C10H15ClN4O/c1-10(9(12)16,14-8-2-3-8)6-15-5-7(11)4-13-15/h4-5,8,14H,2-3,6H2,1H3,(H2,12,16). The van der Waals surface area contributed by atoms with Crippen LogP contribution in [0, 0.1) is 0 Å². The Balaban J connectivity index is 2.09. The fourth-order valence-electron chi connectivity index (χ4n) is 1.62. The molecule has 0 aliphatic heterocycles. The smallest absolute Gasteiger partial charge is 0.239 e. The van der Waals surface area contributed by atoms with Crippen molar-refractivity contribution in [1.29, 1.82) is 0 Å². The number of amides is 1. The van der Waals surface area contributed by atoms with E-state index in [1.165, 1.54) is 0 Å². The largest absolute Gasteiger partial charge is 0.368 e. The Hall–Kier alpha value is -1.07. The number of rotatable bonds is 5. The molecule has 0 saturated heterocycles. The summed E-state index contributed by atoms with van der Waals surface area (Å²) in [6, 6.07) is 0.406. The molecule has 1 saturated carbocycles. The highest BCUT2D eigenvalue weighted by Crippen LogP contribution is 2.23. The van der Waals surface area contributed by atoms with E-state index in [1.807, 2.05) is 0 Å². The van der Waals surface area contributed by atoms with Crippen molar-refractivity contribution in [2.24, 2.45) is 5.73 Å². The van der Waals surface area contributed by atoms with Crippen molar-refractivity contribution >= 4 is 17.5 Å². The van der Waals surface area contributed by atoms with E-state index in [-0.39, 0.29) is 5.91 Å². The molecule has 0 radical (unpaired) electrons. The van der Waals surface area contributed by atoms with Gasteiger partial charge >= 0.3 is 0 Å². The predicted molar refractivity (Wildman–Crippen MR) is 61.0 cm³/mol. The first kappa shape index (κ1) is 11.4. The van der Waals surface area contributed by atoms with Crippen molar-refractivity contribution in [1.82, 2.24) is 15.1 Å². The summed E-state index contributed by atoms with van der Waals surface area (Å²) in [6.45, 7) is 2.19. The molecule has 1 unspecified atom stereocenters. The minimum Gasteiger partial charge on any atom is -0.368 e. The quantitative estimate of drug-likeness (QED) is 0.791. The van der Waals surface area contributed by atoms with Gasteiger partial charge in [-0.15, -0.1) is 0 Å². The van der Waals surface area contributed by atoms with E-state index in [0.29, 0.717) is 17.6 Å². The van der Waals surface area contributed by atoms with Gasteiger partial charge < -0.3 is 5.73 Å². The van der Waals surface area contributed by atoms with E-state index in [0.717, 1.165) is 12.8 Å². The van der Waals surface area contributed by atoms with E-state index in [9.17, 15) is 4.79 Å². The highest BCUT2D eigenvalue weighted by molar-refractivity contribution is 6.30. The van der Waals surface area contributed by atoms with Gasteiger partial charge in [0.2, 0.25) is 5.91 Å². The molecule has 88 valence electrons. The first-order chi connectivity index (χ1) is 7.49. The third-order valence-electron chi connectivity index (χ3n) is 2.72. The maximum absolute atomic E-state index is 11.5. The first-order valence-corrected chi connectivity index (χ1v) is 5.63. The minimum atomic E-state index is -0.767. The number of carbonyl (C=O) groups excluding carboxylic acids is 1. The number of nitrogens with one attached hydrogen (secondary N) is 1. The molecule has 6 heteroatoms. The van der Waals surface area contributed by atoms with Crippen LogP contribution in [-0.4, -0.2) is 27.3 Å². The van der Waals surface area contributed by atoms with Crippen molar-refractivity contribution in [2.75, 3.05) is 0 Å². The van der Waals surface area contributed by atoms with Crippen LogP contribution in [0.2, 0.25) is 5.02 Å². The molecule has 1 amide bonds. The van der Waals surface area contributed by atoms with Gasteiger partial charge in [-0.3, -0.25) is 14.8 Å². The summed E-state index contributed by atoms with van der Waals surface area (Å²) in [5, 5.41) is 7.85. The van der Waals surface area contributed by atoms with E-state index in [2.05, 4.69) is 10.4 Å². The van der Waals surface area contributed by atoms with Crippen LogP contribution in [0.1, 0.15) is 19.8 Å². The van der Waals surface area contributed by atoms with Gasteiger partial charge in [0.1, 0.15) is 5.54 Å². The fourth-order valence-corrected chi connectivity index (χ4v) is 1.78. The van der Waals surface area contributed by atoms with Crippen LogP contribution in [0.3, 0.4) is 0 Å². The zero-order valence-corrected chi connectivity index (χ0v) is 9.87. The Morgan fingerprint density at radius 3 is 2.94 bits per heavy atom. The molecule has 1 aromatic heterocycles. The lowest BCUT2D eigenvalue weighted by molar-refractivity contribution is -0.124. The number of hydrogen-bond donors (Lipinski definition) is 2. The van der Waals surface area contributed by atoms with Crippen molar-refractivity contribution < 1.29 is 4.79 Å². The predicted octanol–water partition coefficient (Wildman–Crippen LogP) is 0.532. The molecule has 1 aliphatic rings. The lowest BCUT2D eigenvalue weighted by atomic mass is 10.0. The Morgan fingerprint density at radius 2 is 2.50 bits per heavy atom. The number of nitrogens with two attached hydrogens (primary N) is 1. The third kappa shape index (κ3) is 2.54. The topological polar surface area (TPSA) is 72.9 Å². The number of halogens is 1. The maximum Gasteiger partial charge on any atom is 0.239 e. The summed E-state index contributed by atoms with van der Waals surface area (Å²) >= 11 is 5.77. The zero-order valence-electron chi connectivity index (χ0n) is 9.11. The number of carbonyl (C=O) groups is 1. The Labute approximate surface area is 98.9 Å².